The standard InChI is InChI=1S/C16H19NO4/c1-3-7-13(17-10-11-21-16(17)19)14(15(18)20-2)12-8-5-4-6-9-12/h3-9,13-14H,10-11H2,1-2H3/b7-3+/t13-,14-/m1/s1. The third kappa shape index (κ3) is 3.24. The lowest BCUT2D eigenvalue weighted by Gasteiger charge is -2.29. The van der Waals surface area contributed by atoms with Crippen LogP contribution in [0.15, 0.2) is 42.5 Å². The highest BCUT2D eigenvalue weighted by Crippen LogP contribution is 2.28. The smallest absolute Gasteiger partial charge is 0.410 e. The van der Waals surface area contributed by atoms with E-state index in [1.54, 1.807) is 4.90 Å². The molecule has 1 amide bonds. The van der Waals surface area contributed by atoms with Crippen molar-refractivity contribution < 1.29 is 19.1 Å². The van der Waals surface area contributed by atoms with Crippen LogP contribution in [0.5, 0.6) is 0 Å². The Bertz CT molecular complexity index is 526. The van der Waals surface area contributed by atoms with Gasteiger partial charge in [0.2, 0.25) is 0 Å². The maximum absolute atomic E-state index is 12.3. The Morgan fingerprint density at radius 3 is 2.62 bits per heavy atom. The van der Waals surface area contributed by atoms with E-state index in [2.05, 4.69) is 0 Å². The summed E-state index contributed by atoms with van der Waals surface area (Å²) in [6, 6.07) is 8.91. The molecule has 1 aliphatic rings. The van der Waals surface area contributed by atoms with Crippen LogP contribution < -0.4 is 0 Å². The average molecular weight is 289 g/mol. The van der Waals surface area contributed by atoms with Crippen molar-refractivity contribution in [2.24, 2.45) is 0 Å². The number of ether oxygens (including phenoxy) is 2. The van der Waals surface area contributed by atoms with E-state index in [1.165, 1.54) is 7.11 Å². The third-order valence-electron chi connectivity index (χ3n) is 3.50. The van der Waals surface area contributed by atoms with Crippen molar-refractivity contribution in [1.82, 2.24) is 4.90 Å². The second-order valence-electron chi connectivity index (χ2n) is 4.74. The monoisotopic (exact) mass is 289 g/mol. The van der Waals surface area contributed by atoms with Gasteiger partial charge in [-0.1, -0.05) is 42.5 Å². The van der Waals surface area contributed by atoms with E-state index >= 15 is 0 Å². The topological polar surface area (TPSA) is 55.8 Å². The van der Waals surface area contributed by atoms with Crippen LogP contribution >= 0.6 is 0 Å². The first-order valence-corrected chi connectivity index (χ1v) is 6.88. The Labute approximate surface area is 124 Å². The van der Waals surface area contributed by atoms with Crippen LogP contribution in [0.25, 0.3) is 0 Å². The predicted octanol–water partition coefficient (Wildman–Crippen LogP) is 2.34. The third-order valence-corrected chi connectivity index (χ3v) is 3.50. The van der Waals surface area contributed by atoms with Crippen LogP contribution in [0, 0.1) is 0 Å². The molecule has 5 heteroatoms. The van der Waals surface area contributed by atoms with E-state index in [1.807, 2.05) is 49.4 Å². The van der Waals surface area contributed by atoms with Crippen LogP contribution in [-0.2, 0) is 14.3 Å². The summed E-state index contributed by atoms with van der Waals surface area (Å²) in [5.74, 6) is -0.943. The van der Waals surface area contributed by atoms with Gasteiger partial charge in [0.1, 0.15) is 12.5 Å². The number of rotatable bonds is 5. The molecule has 0 unspecified atom stereocenters. The maximum atomic E-state index is 12.3. The highest BCUT2D eigenvalue weighted by atomic mass is 16.6. The van der Waals surface area contributed by atoms with E-state index < -0.39 is 18.1 Å². The minimum absolute atomic E-state index is 0.343. The molecule has 2 atom stereocenters. The first-order valence-electron chi connectivity index (χ1n) is 6.88. The molecule has 1 fully saturated rings. The average Bonchev–Trinajstić information content (AvgIpc) is 2.93. The highest BCUT2D eigenvalue weighted by molar-refractivity contribution is 5.81. The summed E-state index contributed by atoms with van der Waals surface area (Å²) in [7, 11) is 1.35. The molecule has 0 spiro atoms. The number of benzene rings is 1. The molecule has 0 bridgehead atoms. The zero-order chi connectivity index (χ0) is 15.2. The Balaban J connectivity index is 2.40. The molecule has 0 N–H and O–H groups in total. The minimum atomic E-state index is -0.571. The summed E-state index contributed by atoms with van der Waals surface area (Å²) in [6.45, 7) is 2.66. The molecule has 5 nitrogen and oxygen atoms in total. The fraction of sp³-hybridized carbons (Fsp3) is 0.375. The number of hydrogen-bond acceptors (Lipinski definition) is 4. The van der Waals surface area contributed by atoms with Gasteiger partial charge >= 0.3 is 12.1 Å². The summed E-state index contributed by atoms with van der Waals surface area (Å²) in [6.07, 6.45) is 3.26. The van der Waals surface area contributed by atoms with Gasteiger partial charge in [-0.2, -0.15) is 0 Å². The molecule has 1 saturated heterocycles. The lowest BCUT2D eigenvalue weighted by molar-refractivity contribution is -0.143. The molecule has 1 aromatic rings. The van der Waals surface area contributed by atoms with Crippen LogP contribution in [0.1, 0.15) is 18.4 Å². The van der Waals surface area contributed by atoms with Gasteiger partial charge in [-0.15, -0.1) is 0 Å². The molecule has 0 aliphatic carbocycles. The van der Waals surface area contributed by atoms with Crippen molar-refractivity contribution in [3.05, 3.63) is 48.0 Å². The van der Waals surface area contributed by atoms with Crippen molar-refractivity contribution >= 4 is 12.1 Å². The molecular weight excluding hydrogens is 270 g/mol. The minimum Gasteiger partial charge on any atom is -0.468 e. The van der Waals surface area contributed by atoms with Crippen molar-refractivity contribution in [1.29, 1.82) is 0 Å². The number of esters is 1. The zero-order valence-corrected chi connectivity index (χ0v) is 12.2. The number of amides is 1. The first kappa shape index (κ1) is 15.1. The van der Waals surface area contributed by atoms with Crippen LogP contribution in [0.2, 0.25) is 0 Å². The maximum Gasteiger partial charge on any atom is 0.410 e. The molecule has 0 saturated carbocycles. The largest absolute Gasteiger partial charge is 0.468 e. The lowest BCUT2D eigenvalue weighted by atomic mass is 9.90. The number of cyclic esters (lactones) is 1. The normalized spacial score (nSPS) is 17.6. The summed E-state index contributed by atoms with van der Waals surface area (Å²) >= 11 is 0. The zero-order valence-electron chi connectivity index (χ0n) is 12.2. The molecule has 21 heavy (non-hydrogen) atoms. The molecule has 112 valence electrons. The number of methoxy groups -OCH3 is 1. The van der Waals surface area contributed by atoms with Gasteiger partial charge in [-0.05, 0) is 12.5 Å². The van der Waals surface area contributed by atoms with E-state index in [0.717, 1.165) is 5.56 Å². The molecule has 2 rings (SSSR count). The van der Waals surface area contributed by atoms with Crippen molar-refractivity contribution in [3.8, 4) is 0 Å². The van der Waals surface area contributed by atoms with Gasteiger partial charge < -0.3 is 9.47 Å². The molecule has 1 aliphatic heterocycles. The fourth-order valence-electron chi connectivity index (χ4n) is 2.53. The summed E-state index contributed by atoms with van der Waals surface area (Å²) < 4.78 is 9.93. The van der Waals surface area contributed by atoms with Crippen LogP contribution in [-0.4, -0.2) is 43.3 Å². The van der Waals surface area contributed by atoms with Gasteiger partial charge in [0.15, 0.2) is 0 Å². The van der Waals surface area contributed by atoms with E-state index in [0.29, 0.717) is 13.2 Å². The lowest BCUT2D eigenvalue weighted by Crippen LogP contribution is -2.42. The highest BCUT2D eigenvalue weighted by Gasteiger charge is 2.38. The Morgan fingerprint density at radius 2 is 2.10 bits per heavy atom. The molecule has 0 aromatic heterocycles. The van der Waals surface area contributed by atoms with Crippen molar-refractivity contribution in [3.63, 3.8) is 0 Å². The van der Waals surface area contributed by atoms with Gasteiger partial charge in [0, 0.05) is 0 Å². The second kappa shape index (κ2) is 6.92. The number of hydrogen-bond donors (Lipinski definition) is 0. The quantitative estimate of drug-likeness (QED) is 0.616. The van der Waals surface area contributed by atoms with Gasteiger partial charge in [0.25, 0.3) is 0 Å². The van der Waals surface area contributed by atoms with Crippen LogP contribution in [0.3, 0.4) is 0 Å². The number of carbonyl (C=O) groups excluding carboxylic acids is 2. The SMILES string of the molecule is C/C=C/[C@H]([C@H](C(=O)OC)c1ccccc1)N1CCOC1=O. The molecule has 0 radical (unpaired) electrons. The van der Waals surface area contributed by atoms with E-state index in [-0.39, 0.29) is 5.97 Å². The number of allylic oxidation sites excluding steroid dienone is 1. The van der Waals surface area contributed by atoms with Crippen molar-refractivity contribution in [2.75, 3.05) is 20.3 Å². The van der Waals surface area contributed by atoms with Crippen molar-refractivity contribution in [2.45, 2.75) is 18.9 Å². The van der Waals surface area contributed by atoms with E-state index in [4.69, 9.17) is 9.47 Å². The summed E-state index contributed by atoms with van der Waals surface area (Å²) in [5.41, 5.74) is 0.812. The molecular formula is C16H19NO4. The molecule has 1 aromatic carbocycles. The summed E-state index contributed by atoms with van der Waals surface area (Å²) in [4.78, 5) is 25.7. The second-order valence-corrected chi connectivity index (χ2v) is 4.74. The van der Waals surface area contributed by atoms with Gasteiger partial charge in [0.05, 0.1) is 19.7 Å². The van der Waals surface area contributed by atoms with Gasteiger partial charge in [-0.3, -0.25) is 9.69 Å². The number of carbonyl (C=O) groups is 2. The van der Waals surface area contributed by atoms with Gasteiger partial charge in [-0.25, -0.2) is 4.79 Å². The number of nitrogens with zero attached hydrogens (tertiary/aromatic N) is 1. The van der Waals surface area contributed by atoms with E-state index in [9.17, 15) is 9.59 Å². The first-order chi connectivity index (χ1) is 10.2. The predicted molar refractivity (Wildman–Crippen MR) is 77.9 cm³/mol. The summed E-state index contributed by atoms with van der Waals surface area (Å²) in [5, 5.41) is 0. The Kier molecular flexibility index (Phi) is 4.98. The Morgan fingerprint density at radius 1 is 1.38 bits per heavy atom. The fourth-order valence-corrected chi connectivity index (χ4v) is 2.53. The Hall–Kier alpha value is -2.30. The molecule has 1 heterocycles. The van der Waals surface area contributed by atoms with Crippen LogP contribution in [0.4, 0.5) is 4.79 Å².